The zero-order chi connectivity index (χ0) is 17.1. The number of rotatable bonds is 5. The van der Waals surface area contributed by atoms with Crippen LogP contribution in [0.25, 0.3) is 0 Å². The first-order valence-corrected chi connectivity index (χ1v) is 8.84. The van der Waals surface area contributed by atoms with Gasteiger partial charge in [0.1, 0.15) is 18.4 Å². The summed E-state index contributed by atoms with van der Waals surface area (Å²) in [4.78, 5) is 30.0. The Kier molecular flexibility index (Phi) is 5.11. The number of carbonyl (C=O) groups is 2. The molecule has 3 rings (SSSR count). The maximum atomic E-state index is 12.4. The second-order valence-electron chi connectivity index (χ2n) is 5.48. The minimum atomic E-state index is -0.403. The lowest BCUT2D eigenvalue weighted by Gasteiger charge is -2.21. The summed E-state index contributed by atoms with van der Waals surface area (Å²) in [5, 5.41) is 3.55. The van der Waals surface area contributed by atoms with Crippen molar-refractivity contribution in [2.45, 2.75) is 6.04 Å². The summed E-state index contributed by atoms with van der Waals surface area (Å²) in [5.41, 5.74) is 0.879. The van der Waals surface area contributed by atoms with Crippen LogP contribution in [0.3, 0.4) is 0 Å². The number of nitrogens with zero attached hydrogens (tertiary/aromatic N) is 3. The molecule has 2 aromatic rings. The largest absolute Gasteiger partial charge is 0.341 e. The quantitative estimate of drug-likeness (QED) is 0.884. The Morgan fingerprint density at radius 3 is 2.75 bits per heavy atom. The van der Waals surface area contributed by atoms with Crippen LogP contribution in [0.4, 0.5) is 4.79 Å². The van der Waals surface area contributed by atoms with Crippen LogP contribution in [-0.2, 0) is 11.8 Å². The van der Waals surface area contributed by atoms with E-state index in [2.05, 4.69) is 10.3 Å². The number of aryl methyl sites for hydroxylation is 1. The lowest BCUT2D eigenvalue weighted by Crippen LogP contribution is -2.39. The molecular formula is C16H17ClN4O2S. The highest BCUT2D eigenvalue weighted by Gasteiger charge is 2.26. The van der Waals surface area contributed by atoms with Gasteiger partial charge in [-0.05, 0) is 17.7 Å². The van der Waals surface area contributed by atoms with Gasteiger partial charge in [-0.25, -0.2) is 4.98 Å². The van der Waals surface area contributed by atoms with Crippen LogP contribution in [0.1, 0.15) is 17.4 Å². The van der Waals surface area contributed by atoms with Gasteiger partial charge < -0.3 is 14.8 Å². The second-order valence-corrected chi connectivity index (χ2v) is 6.97. The van der Waals surface area contributed by atoms with Gasteiger partial charge in [0.15, 0.2) is 0 Å². The summed E-state index contributed by atoms with van der Waals surface area (Å²) in [7, 11) is 1.87. The van der Waals surface area contributed by atoms with Gasteiger partial charge in [-0.15, -0.1) is 0 Å². The summed E-state index contributed by atoms with van der Waals surface area (Å²) in [6.07, 6.45) is 3.51. The third-order valence-electron chi connectivity index (χ3n) is 3.80. The molecule has 1 atom stereocenters. The average molecular weight is 365 g/mol. The van der Waals surface area contributed by atoms with Crippen molar-refractivity contribution in [2.24, 2.45) is 7.05 Å². The number of nitrogens with one attached hydrogen (secondary N) is 1. The Morgan fingerprint density at radius 1 is 1.42 bits per heavy atom. The maximum absolute atomic E-state index is 12.4. The Morgan fingerprint density at radius 2 is 2.17 bits per heavy atom. The first-order valence-electron chi connectivity index (χ1n) is 7.48. The molecule has 0 bridgehead atoms. The molecule has 0 radical (unpaired) electrons. The van der Waals surface area contributed by atoms with Crippen LogP contribution in [0.15, 0.2) is 36.7 Å². The molecule has 8 heteroatoms. The van der Waals surface area contributed by atoms with E-state index in [0.29, 0.717) is 17.4 Å². The second kappa shape index (κ2) is 7.27. The topological polar surface area (TPSA) is 67.2 Å². The predicted molar refractivity (Wildman–Crippen MR) is 94.1 cm³/mol. The van der Waals surface area contributed by atoms with E-state index in [9.17, 15) is 9.59 Å². The Hall–Kier alpha value is -1.99. The molecule has 24 heavy (non-hydrogen) atoms. The number of halogens is 1. The zero-order valence-electron chi connectivity index (χ0n) is 13.1. The minimum absolute atomic E-state index is 0.0508. The fraction of sp³-hybridized carbons (Fsp3) is 0.312. The highest BCUT2D eigenvalue weighted by Crippen LogP contribution is 2.23. The van der Waals surface area contributed by atoms with Gasteiger partial charge in [-0.3, -0.25) is 9.59 Å². The monoisotopic (exact) mass is 364 g/mol. The van der Waals surface area contributed by atoms with Crippen molar-refractivity contribution in [2.75, 3.05) is 18.8 Å². The first kappa shape index (κ1) is 16.9. The van der Waals surface area contributed by atoms with Crippen LogP contribution >= 0.6 is 23.4 Å². The van der Waals surface area contributed by atoms with E-state index in [0.717, 1.165) is 11.3 Å². The number of hydrogen-bond acceptors (Lipinski definition) is 4. The van der Waals surface area contributed by atoms with Gasteiger partial charge in [0.2, 0.25) is 5.91 Å². The lowest BCUT2D eigenvalue weighted by atomic mass is 10.1. The van der Waals surface area contributed by atoms with Crippen molar-refractivity contribution in [3.8, 4) is 0 Å². The number of carbonyl (C=O) groups excluding carboxylic acids is 2. The molecule has 1 N–H and O–H groups in total. The number of imidazole rings is 1. The van der Waals surface area contributed by atoms with Crippen molar-refractivity contribution in [1.82, 2.24) is 19.8 Å². The van der Waals surface area contributed by atoms with Crippen LogP contribution < -0.4 is 5.32 Å². The molecule has 1 aliphatic heterocycles. The van der Waals surface area contributed by atoms with Crippen molar-refractivity contribution in [3.63, 3.8) is 0 Å². The fourth-order valence-corrected chi connectivity index (χ4v) is 3.51. The average Bonchev–Trinajstić information content (AvgIpc) is 3.15. The Bertz CT molecular complexity index is 747. The van der Waals surface area contributed by atoms with Gasteiger partial charge in [0, 0.05) is 36.8 Å². The molecule has 0 aliphatic carbocycles. The standard InChI is InChI=1S/C16H17ClN4O2S/c1-20-7-6-18-15(20)14(11-2-4-12(17)5-3-11)19-13(22)10-21-8-9-24-16(21)23/h2-7,14H,8-10H2,1H3,(H,19,22)/t14-/m1/s1. The molecule has 0 saturated carbocycles. The lowest BCUT2D eigenvalue weighted by molar-refractivity contribution is -0.122. The van der Waals surface area contributed by atoms with Gasteiger partial charge in [-0.1, -0.05) is 35.5 Å². The van der Waals surface area contributed by atoms with Crippen LogP contribution in [-0.4, -0.2) is 44.4 Å². The van der Waals surface area contributed by atoms with Crippen LogP contribution in [0, 0.1) is 0 Å². The number of hydrogen-bond donors (Lipinski definition) is 1. The van der Waals surface area contributed by atoms with Crippen molar-refractivity contribution < 1.29 is 9.59 Å². The van der Waals surface area contributed by atoms with Gasteiger partial charge in [0.25, 0.3) is 5.24 Å². The van der Waals surface area contributed by atoms with E-state index in [4.69, 9.17) is 11.6 Å². The van der Waals surface area contributed by atoms with E-state index in [1.165, 1.54) is 11.8 Å². The Balaban J connectivity index is 1.80. The number of thioether (sulfide) groups is 1. The predicted octanol–water partition coefficient (Wildman–Crippen LogP) is 2.45. The van der Waals surface area contributed by atoms with Crippen molar-refractivity contribution in [1.29, 1.82) is 0 Å². The van der Waals surface area contributed by atoms with E-state index in [1.54, 1.807) is 23.2 Å². The fourth-order valence-electron chi connectivity index (χ4n) is 2.56. The summed E-state index contributed by atoms with van der Waals surface area (Å²) in [5.74, 6) is 1.23. The van der Waals surface area contributed by atoms with Crippen molar-refractivity contribution in [3.05, 3.63) is 53.1 Å². The molecule has 1 saturated heterocycles. The zero-order valence-corrected chi connectivity index (χ0v) is 14.7. The molecule has 1 fully saturated rings. The summed E-state index contributed by atoms with van der Waals surface area (Å²) < 4.78 is 1.86. The molecule has 126 valence electrons. The van der Waals surface area contributed by atoms with E-state index < -0.39 is 6.04 Å². The summed E-state index contributed by atoms with van der Waals surface area (Å²) in [6.45, 7) is 0.658. The molecule has 1 aromatic heterocycles. The molecule has 0 spiro atoms. The summed E-state index contributed by atoms with van der Waals surface area (Å²) >= 11 is 7.19. The molecular weight excluding hydrogens is 348 g/mol. The third kappa shape index (κ3) is 3.73. The normalized spacial score (nSPS) is 15.6. The van der Waals surface area contributed by atoms with Crippen molar-refractivity contribution >= 4 is 34.5 Å². The summed E-state index contributed by atoms with van der Waals surface area (Å²) in [6, 6.07) is 6.87. The van der Waals surface area contributed by atoms with Crippen LogP contribution in [0.2, 0.25) is 5.02 Å². The van der Waals surface area contributed by atoms with Gasteiger partial charge >= 0.3 is 0 Å². The molecule has 0 unspecified atom stereocenters. The number of aromatic nitrogens is 2. The third-order valence-corrected chi connectivity index (χ3v) is 4.95. The van der Waals surface area contributed by atoms with E-state index in [1.807, 2.05) is 29.9 Å². The number of benzene rings is 1. The van der Waals surface area contributed by atoms with Gasteiger partial charge in [-0.2, -0.15) is 0 Å². The minimum Gasteiger partial charge on any atom is -0.341 e. The molecule has 1 aliphatic rings. The molecule has 1 aromatic carbocycles. The smallest absolute Gasteiger partial charge is 0.282 e. The number of amides is 2. The van der Waals surface area contributed by atoms with E-state index >= 15 is 0 Å². The SMILES string of the molecule is Cn1ccnc1[C@H](NC(=O)CN1CCSC1=O)c1ccc(Cl)cc1. The maximum Gasteiger partial charge on any atom is 0.282 e. The highest BCUT2D eigenvalue weighted by atomic mass is 35.5. The molecule has 2 amide bonds. The van der Waals surface area contributed by atoms with E-state index in [-0.39, 0.29) is 17.7 Å². The van der Waals surface area contributed by atoms with Crippen LogP contribution in [0.5, 0.6) is 0 Å². The molecule has 2 heterocycles. The highest BCUT2D eigenvalue weighted by molar-refractivity contribution is 8.13. The molecule has 6 nitrogen and oxygen atoms in total. The Labute approximate surface area is 149 Å². The first-order chi connectivity index (χ1) is 11.5. The van der Waals surface area contributed by atoms with Gasteiger partial charge in [0.05, 0.1) is 0 Å².